The van der Waals surface area contributed by atoms with Gasteiger partial charge in [-0.2, -0.15) is 15.0 Å². The molecule has 0 bridgehead atoms. The minimum atomic E-state index is -3.57. The summed E-state index contributed by atoms with van der Waals surface area (Å²) < 4.78 is 37.0. The smallest absolute Gasteiger partial charge is 0.253 e. The Kier molecular flexibility index (Phi) is 30.5. The number of hydrogen-bond acceptors (Lipinski definition) is 23. The molecule has 2 fully saturated rings. The van der Waals surface area contributed by atoms with Crippen molar-refractivity contribution >= 4 is 155 Å². The van der Waals surface area contributed by atoms with E-state index in [4.69, 9.17) is 44.3 Å². The summed E-state index contributed by atoms with van der Waals surface area (Å²) in [6.07, 6.45) is 14.9. The SMILES string of the molecule is C=CC(=O)CCc1cc(Nc2ncc(Cl)c(Nc3ccccc3C(=O)NC)n2)ccc1CN1CCCCC1.C=CC(=O)Nc1cc(Nc2ncc(Cl)c(Nc3ccccc3S(=O)(=O)C(C)C)n2)c(OC)cc1C1CCN(C)CC1.C=CC(=O)Nc1ccc(OC)c(Nc2ncc(Cl)c(N(C)c3ccccc3C(=O)NC)n2)c1. The summed E-state index contributed by atoms with van der Waals surface area (Å²) >= 11 is 19.2. The van der Waals surface area contributed by atoms with Gasteiger partial charge in [0, 0.05) is 51.2 Å². The molecule has 4 amide bonds. The van der Waals surface area contributed by atoms with Gasteiger partial charge in [0.05, 0.1) is 82.5 Å². The van der Waals surface area contributed by atoms with E-state index in [0.29, 0.717) is 103 Å². The van der Waals surface area contributed by atoms with Gasteiger partial charge in [-0.3, -0.25) is 28.9 Å². The number of piperidine rings is 2. The van der Waals surface area contributed by atoms with E-state index in [1.807, 2.05) is 24.3 Å². The summed E-state index contributed by atoms with van der Waals surface area (Å²) in [5.74, 6) is 2.00. The maximum atomic E-state index is 12.9. The van der Waals surface area contributed by atoms with Gasteiger partial charge in [-0.15, -0.1) is 0 Å². The van der Waals surface area contributed by atoms with Crippen LogP contribution in [0.3, 0.4) is 0 Å². The highest BCUT2D eigenvalue weighted by atomic mass is 35.5. The van der Waals surface area contributed by atoms with Crippen molar-refractivity contribution < 1.29 is 41.9 Å². The number of nitrogens with one attached hydrogen (secondary N) is 9. The minimum absolute atomic E-state index is 0.0288. The molecule has 9 aromatic rings. The molecule has 3 aromatic heterocycles. The highest BCUT2D eigenvalue weighted by molar-refractivity contribution is 7.92. The van der Waals surface area contributed by atoms with E-state index in [-0.39, 0.29) is 63.0 Å². The number of benzene rings is 6. The van der Waals surface area contributed by atoms with E-state index in [1.165, 1.54) is 68.8 Å². The zero-order chi connectivity index (χ0) is 80.6. The molecule has 27 nitrogen and oxygen atoms in total. The average Bonchev–Trinajstić information content (AvgIpc) is 0.775. The van der Waals surface area contributed by atoms with Gasteiger partial charge in [-0.1, -0.05) is 103 Å². The number of hydrogen-bond donors (Lipinski definition) is 9. The maximum absolute atomic E-state index is 12.9. The molecule has 2 aliphatic rings. The van der Waals surface area contributed by atoms with Crippen LogP contribution in [0.2, 0.25) is 15.1 Å². The third-order valence-corrected chi connectivity index (χ3v) is 21.3. The van der Waals surface area contributed by atoms with Crippen LogP contribution in [0.25, 0.3) is 0 Å². The number of rotatable bonds is 29. The van der Waals surface area contributed by atoms with Crippen molar-refractivity contribution in [1.29, 1.82) is 0 Å². The van der Waals surface area contributed by atoms with Crippen LogP contribution in [-0.4, -0.2) is 151 Å². The van der Waals surface area contributed by atoms with E-state index in [0.717, 1.165) is 62.4 Å². The predicted octanol–water partition coefficient (Wildman–Crippen LogP) is 15.5. The number of likely N-dealkylation sites (tertiary alicyclic amines) is 2. The third-order valence-electron chi connectivity index (χ3n) is 18.3. The Morgan fingerprint density at radius 2 is 1.13 bits per heavy atom. The molecule has 11 rings (SSSR count). The first-order valence-corrected chi connectivity index (χ1v) is 38.6. The van der Waals surface area contributed by atoms with Crippen molar-refractivity contribution in [2.75, 3.05) is 111 Å². The van der Waals surface area contributed by atoms with Crippen LogP contribution in [0.4, 0.5) is 80.8 Å². The number of carbonyl (C=O) groups excluding carboxylic acids is 5. The van der Waals surface area contributed by atoms with Gasteiger partial charge in [-0.25, -0.2) is 23.4 Å². The molecular formula is C81H91Cl3N18O9S. The number of para-hydroxylation sites is 3. The van der Waals surface area contributed by atoms with Crippen LogP contribution in [0.1, 0.15) is 95.7 Å². The molecule has 0 atom stereocenters. The number of aryl methyl sites for hydroxylation is 1. The van der Waals surface area contributed by atoms with Crippen molar-refractivity contribution in [2.24, 2.45) is 0 Å². The molecule has 31 heteroatoms. The monoisotopic (exact) mass is 1600 g/mol. The number of nitrogens with zero attached hydrogens (tertiary/aromatic N) is 9. The molecule has 0 unspecified atom stereocenters. The van der Waals surface area contributed by atoms with Crippen molar-refractivity contribution in [3.05, 3.63) is 221 Å². The molecule has 9 N–H and O–H groups in total. The second-order valence-electron chi connectivity index (χ2n) is 26.2. The van der Waals surface area contributed by atoms with Crippen LogP contribution < -0.4 is 62.2 Å². The van der Waals surface area contributed by atoms with Crippen molar-refractivity contribution in [2.45, 2.75) is 81.4 Å². The number of aromatic nitrogens is 6. The lowest BCUT2D eigenvalue weighted by Crippen LogP contribution is -2.29. The van der Waals surface area contributed by atoms with Crippen LogP contribution in [0.5, 0.6) is 11.5 Å². The predicted molar refractivity (Wildman–Crippen MR) is 446 cm³/mol. The van der Waals surface area contributed by atoms with Crippen LogP contribution in [-0.2, 0) is 37.2 Å². The van der Waals surface area contributed by atoms with E-state index < -0.39 is 15.1 Å². The molecule has 0 saturated carbocycles. The lowest BCUT2D eigenvalue weighted by Gasteiger charge is -2.31. The highest BCUT2D eigenvalue weighted by Crippen LogP contribution is 2.42. The Balaban J connectivity index is 0.000000194. The van der Waals surface area contributed by atoms with Gasteiger partial charge < -0.3 is 67.1 Å². The van der Waals surface area contributed by atoms with E-state index in [2.05, 4.69) is 126 Å². The van der Waals surface area contributed by atoms with Crippen molar-refractivity contribution in [3.8, 4) is 11.5 Å². The highest BCUT2D eigenvalue weighted by Gasteiger charge is 2.27. The number of amides is 4. The van der Waals surface area contributed by atoms with Crippen LogP contribution >= 0.6 is 34.8 Å². The fourth-order valence-corrected chi connectivity index (χ4v) is 13.9. The normalized spacial score (nSPS) is 12.9. The first-order chi connectivity index (χ1) is 53.9. The Labute approximate surface area is 667 Å². The number of anilines is 14. The van der Waals surface area contributed by atoms with Gasteiger partial charge in [0.1, 0.15) is 26.6 Å². The number of ether oxygens (including phenoxy) is 2. The van der Waals surface area contributed by atoms with Gasteiger partial charge >= 0.3 is 0 Å². The summed E-state index contributed by atoms with van der Waals surface area (Å²) in [5, 5.41) is 26.8. The van der Waals surface area contributed by atoms with Crippen LogP contribution in [0.15, 0.2) is 183 Å². The molecule has 0 radical (unpaired) electrons. The van der Waals surface area contributed by atoms with Crippen molar-refractivity contribution in [3.63, 3.8) is 0 Å². The quantitative estimate of drug-likeness (QED) is 0.0197. The van der Waals surface area contributed by atoms with Gasteiger partial charge in [0.15, 0.2) is 33.1 Å². The summed E-state index contributed by atoms with van der Waals surface area (Å²) in [4.78, 5) is 93.5. The topological polar surface area (TPSA) is 333 Å². The van der Waals surface area contributed by atoms with Gasteiger partial charge in [0.25, 0.3) is 11.8 Å². The second-order valence-corrected chi connectivity index (χ2v) is 29.8. The molecule has 0 spiro atoms. The zero-order valence-corrected chi connectivity index (χ0v) is 66.6. The molecule has 5 heterocycles. The Bertz CT molecular complexity index is 5020. The minimum Gasteiger partial charge on any atom is -0.495 e. The summed E-state index contributed by atoms with van der Waals surface area (Å²) in [7, 11) is 6.54. The third kappa shape index (κ3) is 22.6. The molecule has 2 aliphatic heterocycles. The standard InChI is InChI=1S/C29H35ClN6O4S.C29H33ClN6O2.C23H23ClN6O3/c1-6-27(37)32-23-16-24(25(40-5)15-20(23)19-11-13-36(4)14-12-19)34-29-31-17-21(30)28(35-29)33-22-9-7-8-10-26(22)41(38,39)18(2)3;1-3-23(37)14-12-20-17-22(13-11-21(20)19-36-15-7-4-8-16-36)33-29-32-18-25(30)27(35-29)34-26-10-6-5-9-24(26)28(38)31-2;1-5-20(31)27-14-10-11-19(33-4)17(12-14)28-23-26-13-16(24)21(29-23)30(3)18-9-7-6-8-15(18)22(32)25-2/h6-10,15-19H,1,11-14H2,2-5H3,(H,32,37)(H2,31,33,34,35);3,5-6,9-11,13,17-18H,1,4,7-8,12,14-16,19H2,2H3,(H,31,38)(H2,32,33,34,35);5-13H,1H2,2-4H3,(H,25,32)(H,27,31)(H,26,28,29). The van der Waals surface area contributed by atoms with E-state index in [9.17, 15) is 32.4 Å². The summed E-state index contributed by atoms with van der Waals surface area (Å²) in [6.45, 7) is 18.9. The molecule has 2 saturated heterocycles. The lowest BCUT2D eigenvalue weighted by molar-refractivity contribution is -0.114. The number of carbonyl (C=O) groups is 5. The van der Waals surface area contributed by atoms with E-state index >= 15 is 0 Å². The largest absolute Gasteiger partial charge is 0.495 e. The first-order valence-electron chi connectivity index (χ1n) is 35.9. The molecule has 112 heavy (non-hydrogen) atoms. The Morgan fingerprint density at radius 1 is 0.580 bits per heavy atom. The zero-order valence-electron chi connectivity index (χ0n) is 63.5. The fraction of sp³-hybridized carbons (Fsp3) is 0.272. The second kappa shape index (κ2) is 40.4. The van der Waals surface area contributed by atoms with Crippen molar-refractivity contribution in [1.82, 2.24) is 50.3 Å². The number of sulfone groups is 1. The van der Waals surface area contributed by atoms with Crippen LogP contribution in [0, 0.1) is 0 Å². The molecule has 0 aliphatic carbocycles. The number of halogens is 3. The number of methoxy groups -OCH3 is 2. The first kappa shape index (κ1) is 84.5. The Morgan fingerprint density at radius 3 is 1.76 bits per heavy atom. The lowest BCUT2D eigenvalue weighted by atomic mass is 9.88. The summed E-state index contributed by atoms with van der Waals surface area (Å²) in [6, 6.07) is 35.8. The average molecular weight is 1600 g/mol. The Hall–Kier alpha value is -11.5. The van der Waals surface area contributed by atoms with E-state index in [1.54, 1.807) is 132 Å². The molecule has 586 valence electrons. The summed E-state index contributed by atoms with van der Waals surface area (Å²) in [5.41, 5.74) is 8.86. The van der Waals surface area contributed by atoms with Gasteiger partial charge in [-0.05, 0) is 199 Å². The number of ketones is 1. The number of allylic oxidation sites excluding steroid dienone is 1. The fourth-order valence-electron chi connectivity index (χ4n) is 12.2. The molecule has 6 aromatic carbocycles. The molecular weight excluding hydrogens is 1510 g/mol. The van der Waals surface area contributed by atoms with Gasteiger partial charge in [0.2, 0.25) is 29.7 Å². The maximum Gasteiger partial charge on any atom is 0.253 e.